The second-order valence-electron chi connectivity index (χ2n) is 7.65. The standard InChI is InChI=1S/C25H19N/c1-15(2)17-13-20-19-9-5-6-10-22(19)26-23-12-11-16-7-3-4-8-18(16)24(23)21(14-17)25(20)26/h3-15H,1-2H3. The van der Waals surface area contributed by atoms with Crippen LogP contribution < -0.4 is 0 Å². The molecule has 0 aliphatic carbocycles. The number of hydrogen-bond donors (Lipinski definition) is 0. The van der Waals surface area contributed by atoms with E-state index in [4.69, 9.17) is 0 Å². The molecule has 0 atom stereocenters. The Labute approximate surface area is 151 Å². The number of para-hydroxylation sites is 1. The molecule has 124 valence electrons. The van der Waals surface area contributed by atoms with E-state index in [2.05, 4.69) is 91.0 Å². The van der Waals surface area contributed by atoms with Crippen LogP contribution in [0.2, 0.25) is 0 Å². The lowest BCUT2D eigenvalue weighted by Crippen LogP contribution is -1.86. The van der Waals surface area contributed by atoms with Gasteiger partial charge in [0.15, 0.2) is 0 Å². The van der Waals surface area contributed by atoms with Crippen molar-refractivity contribution in [1.29, 1.82) is 0 Å². The minimum absolute atomic E-state index is 0.511. The molecule has 0 unspecified atom stereocenters. The Morgan fingerprint density at radius 2 is 1.38 bits per heavy atom. The average molecular weight is 333 g/mol. The normalized spacial score (nSPS) is 12.6. The maximum Gasteiger partial charge on any atom is 0.0620 e. The van der Waals surface area contributed by atoms with Gasteiger partial charge in [-0.05, 0) is 46.5 Å². The summed E-state index contributed by atoms with van der Waals surface area (Å²) in [4.78, 5) is 0. The molecule has 0 radical (unpaired) electrons. The molecule has 2 aromatic heterocycles. The van der Waals surface area contributed by atoms with Crippen molar-refractivity contribution in [2.45, 2.75) is 19.8 Å². The summed E-state index contributed by atoms with van der Waals surface area (Å²) in [5, 5.41) is 8.15. The first kappa shape index (κ1) is 14.1. The fraction of sp³-hybridized carbons (Fsp3) is 0.120. The van der Waals surface area contributed by atoms with E-state index in [1.54, 1.807) is 0 Å². The highest BCUT2D eigenvalue weighted by Crippen LogP contribution is 2.42. The highest BCUT2D eigenvalue weighted by Gasteiger charge is 2.19. The quantitative estimate of drug-likeness (QED) is 0.302. The summed E-state index contributed by atoms with van der Waals surface area (Å²) in [6.07, 6.45) is 0. The van der Waals surface area contributed by atoms with Crippen molar-refractivity contribution in [2.24, 2.45) is 0 Å². The Morgan fingerprint density at radius 1 is 0.654 bits per heavy atom. The van der Waals surface area contributed by atoms with Gasteiger partial charge in [0.25, 0.3) is 0 Å². The van der Waals surface area contributed by atoms with Gasteiger partial charge in [-0.15, -0.1) is 0 Å². The molecule has 1 nitrogen and oxygen atoms in total. The predicted molar refractivity (Wildman–Crippen MR) is 113 cm³/mol. The Bertz CT molecular complexity index is 1450. The molecule has 6 rings (SSSR count). The topological polar surface area (TPSA) is 4.41 Å². The van der Waals surface area contributed by atoms with E-state index in [0.717, 1.165) is 0 Å². The minimum Gasteiger partial charge on any atom is -0.308 e. The first-order chi connectivity index (χ1) is 12.7. The smallest absolute Gasteiger partial charge is 0.0620 e. The van der Waals surface area contributed by atoms with Crippen LogP contribution in [0.4, 0.5) is 0 Å². The maximum absolute atomic E-state index is 2.46. The Morgan fingerprint density at radius 3 is 2.23 bits per heavy atom. The van der Waals surface area contributed by atoms with Crippen LogP contribution >= 0.6 is 0 Å². The zero-order chi connectivity index (χ0) is 17.4. The Hall–Kier alpha value is -3.06. The van der Waals surface area contributed by atoms with Gasteiger partial charge in [0.1, 0.15) is 0 Å². The first-order valence-electron chi connectivity index (χ1n) is 9.33. The molecule has 0 spiro atoms. The molecule has 0 aliphatic rings. The number of hydrogen-bond acceptors (Lipinski definition) is 0. The third kappa shape index (κ3) is 1.61. The number of nitrogens with zero attached hydrogens (tertiary/aromatic N) is 1. The molecule has 2 heterocycles. The van der Waals surface area contributed by atoms with E-state index in [9.17, 15) is 0 Å². The molecule has 0 saturated carbocycles. The molecule has 1 heteroatoms. The van der Waals surface area contributed by atoms with Gasteiger partial charge in [-0.3, -0.25) is 0 Å². The minimum atomic E-state index is 0.511. The molecule has 4 aromatic carbocycles. The highest BCUT2D eigenvalue weighted by molar-refractivity contribution is 6.28. The number of fused-ring (bicyclic) bond motifs is 8. The summed E-state index contributed by atoms with van der Waals surface area (Å²) < 4.78 is 2.46. The lowest BCUT2D eigenvalue weighted by atomic mass is 9.96. The van der Waals surface area contributed by atoms with E-state index in [1.165, 1.54) is 54.4 Å². The van der Waals surface area contributed by atoms with E-state index in [0.29, 0.717) is 5.92 Å². The lowest BCUT2D eigenvalue weighted by Gasteiger charge is -2.07. The van der Waals surface area contributed by atoms with Crippen LogP contribution in [0.3, 0.4) is 0 Å². The van der Waals surface area contributed by atoms with Crippen LogP contribution in [0, 0.1) is 0 Å². The maximum atomic E-state index is 2.46. The largest absolute Gasteiger partial charge is 0.308 e. The van der Waals surface area contributed by atoms with Crippen molar-refractivity contribution in [1.82, 2.24) is 4.40 Å². The molecule has 0 N–H and O–H groups in total. The summed E-state index contributed by atoms with van der Waals surface area (Å²) in [6.45, 7) is 4.57. The summed E-state index contributed by atoms with van der Waals surface area (Å²) >= 11 is 0. The summed E-state index contributed by atoms with van der Waals surface area (Å²) in [6, 6.07) is 26.9. The van der Waals surface area contributed by atoms with Crippen LogP contribution in [0.1, 0.15) is 25.3 Å². The van der Waals surface area contributed by atoms with Crippen LogP contribution in [0.5, 0.6) is 0 Å². The zero-order valence-corrected chi connectivity index (χ0v) is 15.0. The second-order valence-corrected chi connectivity index (χ2v) is 7.65. The molecule has 0 aliphatic heterocycles. The average Bonchev–Trinajstić information content (AvgIpc) is 3.19. The molecule has 6 aromatic rings. The monoisotopic (exact) mass is 333 g/mol. The molecule has 26 heavy (non-hydrogen) atoms. The van der Waals surface area contributed by atoms with E-state index in [-0.39, 0.29) is 0 Å². The third-order valence-electron chi connectivity index (χ3n) is 5.87. The van der Waals surface area contributed by atoms with Crippen LogP contribution in [-0.4, -0.2) is 4.40 Å². The molecule has 0 fully saturated rings. The predicted octanol–water partition coefficient (Wildman–Crippen LogP) is 7.11. The third-order valence-corrected chi connectivity index (χ3v) is 5.87. The van der Waals surface area contributed by atoms with Gasteiger partial charge in [0.2, 0.25) is 0 Å². The Balaban J connectivity index is 2.02. The SMILES string of the molecule is CC(C)c1cc2c3ccccc3n3c4ccc5ccccc5c4c(c1)c23. The van der Waals surface area contributed by atoms with E-state index < -0.39 is 0 Å². The van der Waals surface area contributed by atoms with Gasteiger partial charge in [0.05, 0.1) is 16.6 Å². The molecule has 0 amide bonds. The van der Waals surface area contributed by atoms with Crippen molar-refractivity contribution in [3.05, 3.63) is 78.4 Å². The fourth-order valence-corrected chi connectivity index (χ4v) is 4.62. The van der Waals surface area contributed by atoms with Crippen LogP contribution in [-0.2, 0) is 0 Å². The van der Waals surface area contributed by atoms with Gasteiger partial charge in [-0.25, -0.2) is 0 Å². The highest BCUT2D eigenvalue weighted by atomic mass is 14.9. The summed E-state index contributed by atoms with van der Waals surface area (Å²) in [5.74, 6) is 0.511. The van der Waals surface area contributed by atoms with Crippen molar-refractivity contribution in [3.63, 3.8) is 0 Å². The van der Waals surface area contributed by atoms with Crippen molar-refractivity contribution in [3.8, 4) is 0 Å². The number of rotatable bonds is 1. The van der Waals surface area contributed by atoms with Gasteiger partial charge >= 0.3 is 0 Å². The number of benzene rings is 4. The number of aromatic nitrogens is 1. The molecule has 0 saturated heterocycles. The van der Waals surface area contributed by atoms with Crippen LogP contribution in [0.15, 0.2) is 72.8 Å². The van der Waals surface area contributed by atoms with Crippen LogP contribution in [0.25, 0.3) is 48.9 Å². The lowest BCUT2D eigenvalue weighted by molar-refractivity contribution is 0.870. The first-order valence-corrected chi connectivity index (χ1v) is 9.33. The Kier molecular flexibility index (Phi) is 2.59. The molecular weight excluding hydrogens is 314 g/mol. The van der Waals surface area contributed by atoms with Gasteiger partial charge < -0.3 is 4.40 Å². The second kappa shape index (κ2) is 4.76. The summed E-state index contributed by atoms with van der Waals surface area (Å²) in [7, 11) is 0. The van der Waals surface area contributed by atoms with E-state index >= 15 is 0 Å². The summed E-state index contributed by atoms with van der Waals surface area (Å²) in [5.41, 5.74) is 5.39. The van der Waals surface area contributed by atoms with Crippen molar-refractivity contribution >= 4 is 48.9 Å². The van der Waals surface area contributed by atoms with Gasteiger partial charge in [0, 0.05) is 21.5 Å². The van der Waals surface area contributed by atoms with E-state index in [1.807, 2.05) is 0 Å². The van der Waals surface area contributed by atoms with Crippen molar-refractivity contribution in [2.75, 3.05) is 0 Å². The van der Waals surface area contributed by atoms with Gasteiger partial charge in [-0.1, -0.05) is 62.4 Å². The zero-order valence-electron chi connectivity index (χ0n) is 15.0. The fourth-order valence-electron chi connectivity index (χ4n) is 4.62. The van der Waals surface area contributed by atoms with Gasteiger partial charge in [-0.2, -0.15) is 0 Å². The van der Waals surface area contributed by atoms with Crippen molar-refractivity contribution < 1.29 is 0 Å². The molecular formula is C25H19N. The molecule has 0 bridgehead atoms.